The van der Waals surface area contributed by atoms with Crippen LogP contribution in [0.5, 0.6) is 0 Å². The summed E-state index contributed by atoms with van der Waals surface area (Å²) in [5.74, 6) is 1.43. The molecule has 2 rings (SSSR count). The third kappa shape index (κ3) is 7.40. The molecular weight excluding hydrogens is 330 g/mol. The highest BCUT2D eigenvalue weighted by Crippen LogP contribution is 2.16. The van der Waals surface area contributed by atoms with Gasteiger partial charge in [-0.3, -0.25) is 4.99 Å². The van der Waals surface area contributed by atoms with Gasteiger partial charge in [0.1, 0.15) is 0 Å². The summed E-state index contributed by atoms with van der Waals surface area (Å²) < 4.78 is 5.04. The SMILES string of the molecule is CCOC(=O)N1CCC(NC(N)=NCCCCN2CCC(C)CC2)CC1. The van der Waals surface area contributed by atoms with E-state index in [2.05, 4.69) is 22.1 Å². The second-order valence-corrected chi connectivity index (χ2v) is 7.60. The van der Waals surface area contributed by atoms with Crippen molar-refractivity contribution in [1.29, 1.82) is 0 Å². The van der Waals surface area contributed by atoms with Gasteiger partial charge >= 0.3 is 6.09 Å². The van der Waals surface area contributed by atoms with Gasteiger partial charge in [-0.25, -0.2) is 4.79 Å². The number of nitrogens with two attached hydrogens (primary N) is 1. The van der Waals surface area contributed by atoms with Crippen LogP contribution in [0.25, 0.3) is 0 Å². The summed E-state index contributed by atoms with van der Waals surface area (Å²) in [6.07, 6.45) is 6.48. The number of ether oxygens (including phenoxy) is 1. The number of guanidine groups is 1. The van der Waals surface area contributed by atoms with Crippen LogP contribution in [-0.4, -0.2) is 73.8 Å². The Balaban J connectivity index is 1.54. The number of amides is 1. The molecule has 0 saturated carbocycles. The van der Waals surface area contributed by atoms with Crippen LogP contribution in [0.15, 0.2) is 4.99 Å². The number of hydrogen-bond acceptors (Lipinski definition) is 4. The summed E-state index contributed by atoms with van der Waals surface area (Å²) in [5.41, 5.74) is 6.01. The molecule has 2 aliphatic rings. The highest BCUT2D eigenvalue weighted by molar-refractivity contribution is 5.78. The van der Waals surface area contributed by atoms with Gasteiger partial charge in [-0.05, 0) is 71.0 Å². The molecule has 0 aliphatic carbocycles. The van der Waals surface area contributed by atoms with Gasteiger partial charge in [0.2, 0.25) is 0 Å². The number of nitrogens with one attached hydrogen (secondary N) is 1. The minimum absolute atomic E-state index is 0.212. The molecule has 0 unspecified atom stereocenters. The molecule has 2 heterocycles. The van der Waals surface area contributed by atoms with E-state index in [4.69, 9.17) is 10.5 Å². The zero-order valence-electron chi connectivity index (χ0n) is 16.6. The third-order valence-electron chi connectivity index (χ3n) is 5.41. The van der Waals surface area contributed by atoms with Crippen molar-refractivity contribution >= 4 is 12.1 Å². The average Bonchev–Trinajstić information content (AvgIpc) is 2.64. The van der Waals surface area contributed by atoms with Crippen molar-refractivity contribution < 1.29 is 9.53 Å². The maximum absolute atomic E-state index is 11.7. The zero-order valence-corrected chi connectivity index (χ0v) is 16.6. The van der Waals surface area contributed by atoms with Crippen LogP contribution in [0.3, 0.4) is 0 Å². The highest BCUT2D eigenvalue weighted by Gasteiger charge is 2.23. The highest BCUT2D eigenvalue weighted by atomic mass is 16.6. The first-order valence-corrected chi connectivity index (χ1v) is 10.3. The molecule has 0 spiro atoms. The fourth-order valence-electron chi connectivity index (χ4n) is 3.61. The second kappa shape index (κ2) is 11.3. The van der Waals surface area contributed by atoms with Gasteiger partial charge < -0.3 is 25.6 Å². The topological polar surface area (TPSA) is 83.2 Å². The monoisotopic (exact) mass is 367 g/mol. The van der Waals surface area contributed by atoms with E-state index in [0.29, 0.717) is 31.7 Å². The van der Waals surface area contributed by atoms with E-state index in [1.54, 1.807) is 4.90 Å². The number of hydrogen-bond donors (Lipinski definition) is 2. The fraction of sp³-hybridized carbons (Fsp3) is 0.895. The lowest BCUT2D eigenvalue weighted by Gasteiger charge is -2.31. The first kappa shape index (κ1) is 20.8. The van der Waals surface area contributed by atoms with Gasteiger partial charge in [-0.1, -0.05) is 6.92 Å². The number of rotatable bonds is 7. The van der Waals surface area contributed by atoms with Crippen molar-refractivity contribution in [2.45, 2.75) is 58.4 Å². The lowest BCUT2D eigenvalue weighted by molar-refractivity contribution is 0.0963. The fourth-order valence-corrected chi connectivity index (χ4v) is 3.61. The Morgan fingerprint density at radius 1 is 1.15 bits per heavy atom. The largest absolute Gasteiger partial charge is 0.450 e. The third-order valence-corrected chi connectivity index (χ3v) is 5.41. The first-order valence-electron chi connectivity index (χ1n) is 10.3. The number of likely N-dealkylation sites (tertiary alicyclic amines) is 2. The number of nitrogens with zero attached hydrogens (tertiary/aromatic N) is 3. The van der Waals surface area contributed by atoms with Crippen LogP contribution in [-0.2, 0) is 4.74 Å². The minimum atomic E-state index is -0.212. The van der Waals surface area contributed by atoms with Crippen molar-refractivity contribution in [2.75, 3.05) is 45.9 Å². The predicted octanol–water partition coefficient (Wildman–Crippen LogP) is 2.02. The molecule has 7 nitrogen and oxygen atoms in total. The molecular formula is C19H37N5O2. The zero-order chi connectivity index (χ0) is 18.8. The van der Waals surface area contributed by atoms with Crippen molar-refractivity contribution in [3.63, 3.8) is 0 Å². The number of carbonyl (C=O) groups is 1. The Labute approximate surface area is 158 Å². The Hall–Kier alpha value is -1.50. The van der Waals surface area contributed by atoms with Gasteiger partial charge in [0.15, 0.2) is 5.96 Å². The van der Waals surface area contributed by atoms with Crippen molar-refractivity contribution in [2.24, 2.45) is 16.6 Å². The van der Waals surface area contributed by atoms with Crippen LogP contribution < -0.4 is 11.1 Å². The first-order chi connectivity index (χ1) is 12.6. The molecule has 0 bridgehead atoms. The summed E-state index contributed by atoms with van der Waals surface area (Å²) in [5, 5.41) is 3.29. The molecule has 26 heavy (non-hydrogen) atoms. The second-order valence-electron chi connectivity index (χ2n) is 7.60. The summed E-state index contributed by atoms with van der Waals surface area (Å²) in [6.45, 7) is 10.5. The molecule has 150 valence electrons. The molecule has 2 saturated heterocycles. The summed E-state index contributed by atoms with van der Waals surface area (Å²) >= 11 is 0. The lowest BCUT2D eigenvalue weighted by atomic mass is 9.99. The number of unbranched alkanes of at least 4 members (excludes halogenated alkanes) is 1. The Morgan fingerprint density at radius 3 is 2.50 bits per heavy atom. The average molecular weight is 368 g/mol. The van der Waals surface area contributed by atoms with Gasteiger partial charge in [-0.15, -0.1) is 0 Å². The van der Waals surface area contributed by atoms with Crippen LogP contribution in [0.1, 0.15) is 52.4 Å². The van der Waals surface area contributed by atoms with Crippen LogP contribution in [0, 0.1) is 5.92 Å². The molecule has 0 radical (unpaired) electrons. The molecule has 1 amide bonds. The maximum atomic E-state index is 11.7. The van der Waals surface area contributed by atoms with Gasteiger partial charge in [-0.2, -0.15) is 0 Å². The smallest absolute Gasteiger partial charge is 0.409 e. The van der Waals surface area contributed by atoms with Crippen molar-refractivity contribution in [3.05, 3.63) is 0 Å². The Bertz CT molecular complexity index is 441. The maximum Gasteiger partial charge on any atom is 0.409 e. The Morgan fingerprint density at radius 2 is 1.85 bits per heavy atom. The molecule has 3 N–H and O–H groups in total. The van der Waals surface area contributed by atoms with Gasteiger partial charge in [0.25, 0.3) is 0 Å². The van der Waals surface area contributed by atoms with Gasteiger partial charge in [0, 0.05) is 25.7 Å². The van der Waals surface area contributed by atoms with E-state index in [1.165, 1.54) is 38.9 Å². The molecule has 2 aliphatic heterocycles. The van der Waals surface area contributed by atoms with Crippen molar-refractivity contribution in [3.8, 4) is 0 Å². The van der Waals surface area contributed by atoms with E-state index in [0.717, 1.165) is 31.7 Å². The van der Waals surface area contributed by atoms with E-state index in [1.807, 2.05) is 6.92 Å². The molecule has 0 aromatic rings. The van der Waals surface area contributed by atoms with Gasteiger partial charge in [0.05, 0.1) is 6.61 Å². The standard InChI is InChI=1S/C19H37N5O2/c1-3-26-19(25)24-14-8-17(9-15-24)22-18(20)21-10-4-5-11-23-12-6-16(2)7-13-23/h16-17H,3-15H2,1-2H3,(H3,20,21,22). The molecule has 0 atom stereocenters. The summed E-state index contributed by atoms with van der Waals surface area (Å²) in [4.78, 5) is 20.5. The molecule has 2 fully saturated rings. The number of piperidine rings is 2. The minimum Gasteiger partial charge on any atom is -0.450 e. The van der Waals surface area contributed by atoms with Crippen LogP contribution in [0.2, 0.25) is 0 Å². The van der Waals surface area contributed by atoms with Crippen molar-refractivity contribution in [1.82, 2.24) is 15.1 Å². The summed E-state index contributed by atoms with van der Waals surface area (Å²) in [6, 6.07) is 0.291. The van der Waals surface area contributed by atoms with Crippen LogP contribution in [0.4, 0.5) is 4.79 Å². The van der Waals surface area contributed by atoms with E-state index in [9.17, 15) is 4.79 Å². The number of carbonyl (C=O) groups excluding carboxylic acids is 1. The van der Waals surface area contributed by atoms with E-state index in [-0.39, 0.29) is 6.09 Å². The molecule has 0 aromatic carbocycles. The number of aliphatic imine (C=N–C) groups is 1. The molecule has 7 heteroatoms. The molecule has 0 aromatic heterocycles. The normalized spacial score (nSPS) is 21.0. The summed E-state index contributed by atoms with van der Waals surface area (Å²) in [7, 11) is 0. The quantitative estimate of drug-likeness (QED) is 0.409. The van der Waals surface area contributed by atoms with E-state index >= 15 is 0 Å². The predicted molar refractivity (Wildman–Crippen MR) is 105 cm³/mol. The van der Waals surface area contributed by atoms with E-state index < -0.39 is 0 Å². The lowest BCUT2D eigenvalue weighted by Crippen LogP contribution is -2.48. The van der Waals surface area contributed by atoms with Crippen LogP contribution >= 0.6 is 0 Å². The Kier molecular flexibility index (Phi) is 9.01.